The van der Waals surface area contributed by atoms with E-state index in [1.165, 1.54) is 38.5 Å². The van der Waals surface area contributed by atoms with E-state index < -0.39 is 0 Å². The lowest BCUT2D eigenvalue weighted by atomic mass is 9.95. The number of carbonyl (C=O) groups is 2. The quantitative estimate of drug-likeness (QED) is 0.671. The van der Waals surface area contributed by atoms with Crippen molar-refractivity contribution in [2.75, 3.05) is 24.5 Å². The third kappa shape index (κ3) is 6.69. The lowest BCUT2D eigenvalue weighted by Gasteiger charge is -2.27. The van der Waals surface area contributed by atoms with E-state index >= 15 is 0 Å². The maximum atomic E-state index is 12.0. The average Bonchev–Trinajstić information content (AvgIpc) is 2.74. The van der Waals surface area contributed by atoms with Gasteiger partial charge in [0, 0.05) is 44.8 Å². The van der Waals surface area contributed by atoms with Crippen molar-refractivity contribution in [3.05, 3.63) is 23.9 Å². The lowest BCUT2D eigenvalue weighted by Crippen LogP contribution is -2.40. The van der Waals surface area contributed by atoms with E-state index in [1.54, 1.807) is 6.20 Å². The zero-order chi connectivity index (χ0) is 19.6. The molecule has 1 saturated heterocycles. The number of aromatic nitrogens is 1. The van der Waals surface area contributed by atoms with Crippen molar-refractivity contribution in [2.45, 2.75) is 70.4 Å². The second kappa shape index (κ2) is 10.9. The van der Waals surface area contributed by atoms with Gasteiger partial charge in [-0.3, -0.25) is 4.79 Å². The highest BCUT2D eigenvalue weighted by Crippen LogP contribution is 2.18. The number of anilines is 1. The van der Waals surface area contributed by atoms with Gasteiger partial charge in [0.15, 0.2) is 0 Å². The fraction of sp³-hybridized carbons (Fsp3) is 0.667. The molecule has 1 saturated carbocycles. The van der Waals surface area contributed by atoms with E-state index in [0.717, 1.165) is 37.3 Å². The van der Waals surface area contributed by atoms with Gasteiger partial charge in [-0.05, 0) is 49.8 Å². The van der Waals surface area contributed by atoms with Gasteiger partial charge < -0.3 is 20.9 Å². The first kappa shape index (κ1) is 20.4. The number of nitrogens with one attached hydrogen (secondary N) is 3. The van der Waals surface area contributed by atoms with Crippen LogP contribution < -0.4 is 20.9 Å². The molecular formula is C21H33N5O2. The first-order valence-electron chi connectivity index (χ1n) is 10.7. The zero-order valence-electron chi connectivity index (χ0n) is 16.7. The molecule has 3 rings (SSSR count). The Morgan fingerprint density at radius 1 is 1.04 bits per heavy atom. The Balaban J connectivity index is 1.33. The van der Waals surface area contributed by atoms with E-state index in [2.05, 4.69) is 25.8 Å². The number of hydrogen-bond acceptors (Lipinski definition) is 4. The second-order valence-corrected chi connectivity index (χ2v) is 7.83. The largest absolute Gasteiger partial charge is 0.357 e. The molecule has 1 aliphatic carbocycles. The molecule has 0 bridgehead atoms. The molecule has 3 N–H and O–H groups in total. The fourth-order valence-electron chi connectivity index (χ4n) is 3.95. The summed E-state index contributed by atoms with van der Waals surface area (Å²) in [5.41, 5.74) is 1.03. The minimum Gasteiger partial charge on any atom is -0.357 e. The summed E-state index contributed by atoms with van der Waals surface area (Å²) in [7, 11) is 0. The SMILES string of the molecule is O=C(CCNC(=O)NCc1ccnc(N2CCCCC2)c1)NC1CCCCC1. The van der Waals surface area contributed by atoms with Gasteiger partial charge in [0.25, 0.3) is 0 Å². The molecule has 1 aromatic heterocycles. The van der Waals surface area contributed by atoms with Crippen molar-refractivity contribution in [1.82, 2.24) is 20.9 Å². The average molecular weight is 388 g/mol. The molecule has 2 heterocycles. The molecule has 0 aromatic carbocycles. The second-order valence-electron chi connectivity index (χ2n) is 7.83. The van der Waals surface area contributed by atoms with Crippen LogP contribution in [-0.4, -0.2) is 42.6 Å². The third-order valence-corrected chi connectivity index (χ3v) is 5.55. The van der Waals surface area contributed by atoms with Crippen molar-refractivity contribution in [1.29, 1.82) is 0 Å². The van der Waals surface area contributed by atoms with Gasteiger partial charge in [0.2, 0.25) is 5.91 Å². The fourth-order valence-corrected chi connectivity index (χ4v) is 3.95. The number of hydrogen-bond donors (Lipinski definition) is 3. The smallest absolute Gasteiger partial charge is 0.315 e. The monoisotopic (exact) mass is 387 g/mol. The highest BCUT2D eigenvalue weighted by molar-refractivity contribution is 5.78. The Morgan fingerprint density at radius 3 is 2.57 bits per heavy atom. The molecule has 0 unspecified atom stereocenters. The Kier molecular flexibility index (Phi) is 7.94. The molecule has 154 valence electrons. The summed E-state index contributed by atoms with van der Waals surface area (Å²) in [6.07, 6.45) is 11.6. The van der Waals surface area contributed by atoms with Crippen LogP contribution in [-0.2, 0) is 11.3 Å². The van der Waals surface area contributed by atoms with E-state index in [9.17, 15) is 9.59 Å². The van der Waals surface area contributed by atoms with Crippen LogP contribution in [0, 0.1) is 0 Å². The predicted octanol–water partition coefficient (Wildman–Crippen LogP) is 2.71. The lowest BCUT2D eigenvalue weighted by molar-refractivity contribution is -0.121. The molecular weight excluding hydrogens is 354 g/mol. The van der Waals surface area contributed by atoms with Crippen LogP contribution in [0.3, 0.4) is 0 Å². The van der Waals surface area contributed by atoms with Crippen LogP contribution in [0.15, 0.2) is 18.3 Å². The zero-order valence-corrected chi connectivity index (χ0v) is 16.7. The number of urea groups is 1. The summed E-state index contributed by atoms with van der Waals surface area (Å²) < 4.78 is 0. The van der Waals surface area contributed by atoms with E-state index in [1.807, 2.05) is 12.1 Å². The summed E-state index contributed by atoms with van der Waals surface area (Å²) in [6, 6.07) is 4.03. The topological polar surface area (TPSA) is 86.4 Å². The van der Waals surface area contributed by atoms with Gasteiger partial charge in [0.05, 0.1) is 0 Å². The van der Waals surface area contributed by atoms with E-state index in [0.29, 0.717) is 25.6 Å². The number of nitrogens with zero attached hydrogens (tertiary/aromatic N) is 2. The standard InChI is InChI=1S/C21H33N5O2/c27-20(25-18-7-3-1-4-8-18)10-12-23-21(28)24-16-17-9-11-22-19(15-17)26-13-5-2-6-14-26/h9,11,15,18H,1-8,10,12-14,16H2,(H,25,27)(H2,23,24,28). The van der Waals surface area contributed by atoms with Gasteiger partial charge in [-0.1, -0.05) is 19.3 Å². The normalized spacial score (nSPS) is 17.8. The Hall–Kier alpha value is -2.31. The van der Waals surface area contributed by atoms with Crippen LogP contribution in [0.25, 0.3) is 0 Å². The maximum absolute atomic E-state index is 12.0. The molecule has 28 heavy (non-hydrogen) atoms. The summed E-state index contributed by atoms with van der Waals surface area (Å²) >= 11 is 0. The van der Waals surface area contributed by atoms with Gasteiger partial charge in [-0.15, -0.1) is 0 Å². The summed E-state index contributed by atoms with van der Waals surface area (Å²) in [6.45, 7) is 2.89. The van der Waals surface area contributed by atoms with Crippen molar-refractivity contribution in [3.63, 3.8) is 0 Å². The molecule has 1 aliphatic heterocycles. The van der Waals surface area contributed by atoms with Gasteiger partial charge in [-0.2, -0.15) is 0 Å². The summed E-state index contributed by atoms with van der Waals surface area (Å²) in [5, 5.41) is 8.68. The molecule has 2 fully saturated rings. The molecule has 7 nitrogen and oxygen atoms in total. The van der Waals surface area contributed by atoms with Crippen LogP contribution >= 0.6 is 0 Å². The van der Waals surface area contributed by atoms with Crippen LogP contribution in [0.2, 0.25) is 0 Å². The van der Waals surface area contributed by atoms with Gasteiger partial charge in [-0.25, -0.2) is 9.78 Å². The molecule has 0 atom stereocenters. The number of amides is 3. The Bertz CT molecular complexity index is 639. The summed E-state index contributed by atoms with van der Waals surface area (Å²) in [4.78, 5) is 30.7. The molecule has 2 aliphatic rings. The minimum absolute atomic E-state index is 0.0208. The molecule has 7 heteroatoms. The predicted molar refractivity (Wildman–Crippen MR) is 110 cm³/mol. The highest BCUT2D eigenvalue weighted by Gasteiger charge is 2.15. The van der Waals surface area contributed by atoms with Crippen molar-refractivity contribution in [2.24, 2.45) is 0 Å². The molecule has 0 spiro atoms. The van der Waals surface area contributed by atoms with Crippen LogP contribution in [0.4, 0.5) is 10.6 Å². The Labute approximate surface area is 167 Å². The van der Waals surface area contributed by atoms with Crippen molar-refractivity contribution < 1.29 is 9.59 Å². The first-order chi connectivity index (χ1) is 13.7. The first-order valence-corrected chi connectivity index (χ1v) is 10.7. The minimum atomic E-state index is -0.248. The molecule has 1 aromatic rings. The number of rotatable bonds is 7. The number of piperidine rings is 1. The van der Waals surface area contributed by atoms with Crippen molar-refractivity contribution in [3.8, 4) is 0 Å². The van der Waals surface area contributed by atoms with E-state index in [-0.39, 0.29) is 11.9 Å². The molecule has 3 amide bonds. The number of pyridine rings is 1. The highest BCUT2D eigenvalue weighted by atomic mass is 16.2. The van der Waals surface area contributed by atoms with Gasteiger partial charge in [0.1, 0.15) is 5.82 Å². The summed E-state index contributed by atoms with van der Waals surface area (Å²) in [5.74, 6) is 1.01. The maximum Gasteiger partial charge on any atom is 0.315 e. The van der Waals surface area contributed by atoms with Gasteiger partial charge >= 0.3 is 6.03 Å². The van der Waals surface area contributed by atoms with Crippen LogP contribution in [0.5, 0.6) is 0 Å². The molecule has 0 radical (unpaired) electrons. The van der Waals surface area contributed by atoms with Crippen molar-refractivity contribution >= 4 is 17.8 Å². The number of carbonyl (C=O) groups excluding carboxylic acids is 2. The third-order valence-electron chi connectivity index (χ3n) is 5.55. The Morgan fingerprint density at radius 2 is 1.79 bits per heavy atom. The van der Waals surface area contributed by atoms with E-state index in [4.69, 9.17) is 0 Å². The van der Waals surface area contributed by atoms with Crippen LogP contribution in [0.1, 0.15) is 63.4 Å².